The Morgan fingerprint density at radius 1 is 0.760 bits per heavy atom. The molecule has 0 aromatic rings. The van der Waals surface area contributed by atoms with Crippen molar-refractivity contribution >= 4 is 0 Å². The van der Waals surface area contributed by atoms with E-state index in [9.17, 15) is 0 Å². The van der Waals surface area contributed by atoms with Crippen LogP contribution in [-0.4, -0.2) is 17.0 Å². The molecule has 0 radical (unpaired) electrons. The fourth-order valence-electron chi connectivity index (χ4n) is 3.81. The third-order valence-electron chi connectivity index (χ3n) is 5.60. The first kappa shape index (κ1) is 22.9. The zero-order chi connectivity index (χ0) is 19.3. The topological polar surface area (TPSA) is 36.9 Å². The number of hydrogen-bond acceptors (Lipinski definition) is 4. The Morgan fingerprint density at radius 2 is 1.12 bits per heavy atom. The van der Waals surface area contributed by atoms with E-state index in [4.69, 9.17) is 19.6 Å². The molecule has 0 heterocycles. The standard InChI is InChI=1S/C21H42O4/c1-10-12-19(6,7)22-24-21(25-23-20(8,9)13-11-2)14-16(3)18(5)17(4)15-21/h16-18H,10-15H2,1-9H3. The monoisotopic (exact) mass is 358 g/mol. The summed E-state index contributed by atoms with van der Waals surface area (Å²) in [4.78, 5) is 23.7. The van der Waals surface area contributed by atoms with E-state index >= 15 is 0 Å². The average molecular weight is 359 g/mol. The van der Waals surface area contributed by atoms with Crippen LogP contribution in [0.2, 0.25) is 0 Å². The molecule has 0 saturated heterocycles. The lowest BCUT2D eigenvalue weighted by Crippen LogP contribution is -2.48. The van der Waals surface area contributed by atoms with Crippen molar-refractivity contribution in [1.82, 2.24) is 0 Å². The molecule has 0 aromatic heterocycles. The summed E-state index contributed by atoms with van der Waals surface area (Å²) in [5.74, 6) is 0.771. The summed E-state index contributed by atoms with van der Waals surface area (Å²) in [5, 5.41) is 0. The minimum absolute atomic E-state index is 0.334. The maximum Gasteiger partial charge on any atom is 0.234 e. The molecule has 0 N–H and O–H groups in total. The van der Waals surface area contributed by atoms with E-state index in [2.05, 4.69) is 62.3 Å². The van der Waals surface area contributed by atoms with Crippen molar-refractivity contribution in [3.63, 3.8) is 0 Å². The van der Waals surface area contributed by atoms with Gasteiger partial charge in [0.25, 0.3) is 0 Å². The second-order valence-electron chi connectivity index (χ2n) is 9.49. The van der Waals surface area contributed by atoms with E-state index in [-0.39, 0.29) is 11.2 Å². The summed E-state index contributed by atoms with van der Waals surface area (Å²) in [5.41, 5.74) is -0.667. The lowest BCUT2D eigenvalue weighted by atomic mass is 9.72. The SMILES string of the molecule is CCCC(C)(C)OOC1(OOC(C)(C)CCC)CC(C)C(C)C(C)C1. The van der Waals surface area contributed by atoms with Crippen LogP contribution in [0.3, 0.4) is 0 Å². The Kier molecular flexibility index (Phi) is 8.39. The van der Waals surface area contributed by atoms with Crippen LogP contribution in [0.15, 0.2) is 0 Å². The highest BCUT2D eigenvalue weighted by Gasteiger charge is 2.47. The molecule has 0 amide bonds. The van der Waals surface area contributed by atoms with Gasteiger partial charge in [-0.15, -0.1) is 0 Å². The molecule has 4 nitrogen and oxygen atoms in total. The van der Waals surface area contributed by atoms with Crippen LogP contribution in [0, 0.1) is 17.8 Å². The summed E-state index contributed by atoms with van der Waals surface area (Å²) in [6.45, 7) is 19.4. The summed E-state index contributed by atoms with van der Waals surface area (Å²) < 4.78 is 0. The highest BCUT2D eigenvalue weighted by Crippen LogP contribution is 2.44. The third kappa shape index (κ3) is 7.16. The average Bonchev–Trinajstić information content (AvgIpc) is 2.49. The van der Waals surface area contributed by atoms with Crippen LogP contribution in [0.25, 0.3) is 0 Å². The van der Waals surface area contributed by atoms with E-state index in [1.54, 1.807) is 0 Å². The molecule has 0 aliphatic heterocycles. The van der Waals surface area contributed by atoms with Gasteiger partial charge in [0.2, 0.25) is 5.79 Å². The van der Waals surface area contributed by atoms with Gasteiger partial charge in [-0.25, -0.2) is 9.78 Å². The minimum Gasteiger partial charge on any atom is -0.228 e. The van der Waals surface area contributed by atoms with Crippen LogP contribution in [0.5, 0.6) is 0 Å². The minimum atomic E-state index is -0.832. The fraction of sp³-hybridized carbons (Fsp3) is 1.00. The molecule has 0 spiro atoms. The maximum atomic E-state index is 6.00. The summed E-state index contributed by atoms with van der Waals surface area (Å²) in [7, 11) is 0. The summed E-state index contributed by atoms with van der Waals surface area (Å²) >= 11 is 0. The Bertz CT molecular complexity index is 355. The normalized spacial score (nSPS) is 27.5. The first-order valence-electron chi connectivity index (χ1n) is 10.2. The predicted molar refractivity (Wildman–Crippen MR) is 102 cm³/mol. The van der Waals surface area contributed by atoms with Gasteiger partial charge in [-0.2, -0.15) is 9.78 Å². The van der Waals surface area contributed by atoms with Crippen LogP contribution in [0.1, 0.15) is 101 Å². The molecule has 1 saturated carbocycles. The highest BCUT2D eigenvalue weighted by molar-refractivity contribution is 4.86. The fourth-order valence-corrected chi connectivity index (χ4v) is 3.81. The Balaban J connectivity index is 2.87. The van der Waals surface area contributed by atoms with Crippen molar-refractivity contribution in [1.29, 1.82) is 0 Å². The van der Waals surface area contributed by atoms with Crippen molar-refractivity contribution in [2.75, 3.05) is 0 Å². The zero-order valence-corrected chi connectivity index (χ0v) is 18.1. The van der Waals surface area contributed by atoms with Crippen molar-refractivity contribution in [2.24, 2.45) is 17.8 Å². The molecule has 2 atom stereocenters. The first-order chi connectivity index (χ1) is 11.5. The van der Waals surface area contributed by atoms with Crippen LogP contribution in [0.4, 0.5) is 0 Å². The maximum absolute atomic E-state index is 6.00. The second-order valence-corrected chi connectivity index (χ2v) is 9.49. The molecule has 0 bridgehead atoms. The van der Waals surface area contributed by atoms with E-state index in [0.717, 1.165) is 38.5 Å². The summed E-state index contributed by atoms with van der Waals surface area (Å²) in [6, 6.07) is 0. The van der Waals surface area contributed by atoms with E-state index in [1.807, 2.05) is 0 Å². The molecule has 1 rings (SSSR count). The van der Waals surface area contributed by atoms with Gasteiger partial charge in [0.05, 0.1) is 11.2 Å². The van der Waals surface area contributed by atoms with E-state index < -0.39 is 5.79 Å². The lowest BCUT2D eigenvalue weighted by Gasteiger charge is -2.45. The van der Waals surface area contributed by atoms with Gasteiger partial charge < -0.3 is 0 Å². The molecule has 4 heteroatoms. The largest absolute Gasteiger partial charge is 0.234 e. The summed E-state index contributed by atoms with van der Waals surface area (Å²) in [6.07, 6.45) is 5.54. The Morgan fingerprint density at radius 3 is 1.44 bits per heavy atom. The van der Waals surface area contributed by atoms with Crippen molar-refractivity contribution < 1.29 is 19.6 Å². The van der Waals surface area contributed by atoms with Gasteiger partial charge in [0.15, 0.2) is 0 Å². The van der Waals surface area contributed by atoms with Gasteiger partial charge >= 0.3 is 0 Å². The van der Waals surface area contributed by atoms with Crippen molar-refractivity contribution in [2.45, 2.75) is 118 Å². The smallest absolute Gasteiger partial charge is 0.228 e. The molecule has 150 valence electrons. The van der Waals surface area contributed by atoms with Gasteiger partial charge in [-0.1, -0.05) is 47.5 Å². The Labute approximate surface area is 155 Å². The zero-order valence-electron chi connectivity index (χ0n) is 18.1. The number of rotatable bonds is 10. The molecule has 1 aliphatic rings. The van der Waals surface area contributed by atoms with E-state index in [1.165, 1.54) is 0 Å². The van der Waals surface area contributed by atoms with Crippen LogP contribution >= 0.6 is 0 Å². The molecular weight excluding hydrogens is 316 g/mol. The van der Waals surface area contributed by atoms with Crippen molar-refractivity contribution in [3.05, 3.63) is 0 Å². The lowest BCUT2D eigenvalue weighted by molar-refractivity contribution is -0.552. The molecule has 1 fully saturated rings. The second kappa shape index (κ2) is 9.16. The quantitative estimate of drug-likeness (QED) is 0.256. The van der Waals surface area contributed by atoms with Crippen LogP contribution < -0.4 is 0 Å². The first-order valence-corrected chi connectivity index (χ1v) is 10.2. The van der Waals surface area contributed by atoms with E-state index in [0.29, 0.717) is 17.8 Å². The molecule has 0 aromatic carbocycles. The molecule has 1 aliphatic carbocycles. The van der Waals surface area contributed by atoms with Gasteiger partial charge in [0.1, 0.15) is 0 Å². The third-order valence-corrected chi connectivity index (χ3v) is 5.60. The molecule has 2 unspecified atom stereocenters. The highest BCUT2D eigenvalue weighted by atomic mass is 17.3. The van der Waals surface area contributed by atoms with Crippen molar-refractivity contribution in [3.8, 4) is 0 Å². The van der Waals surface area contributed by atoms with Gasteiger partial charge in [0, 0.05) is 12.8 Å². The predicted octanol–water partition coefficient (Wildman–Crippen LogP) is 6.44. The van der Waals surface area contributed by atoms with Crippen LogP contribution in [-0.2, 0) is 19.6 Å². The molecule has 25 heavy (non-hydrogen) atoms. The number of hydrogen-bond donors (Lipinski definition) is 0. The van der Waals surface area contributed by atoms with Gasteiger partial charge in [-0.3, -0.25) is 0 Å². The van der Waals surface area contributed by atoms with Gasteiger partial charge in [-0.05, 0) is 58.3 Å². The Hall–Kier alpha value is -0.160. The molecular formula is C21H42O4.